The van der Waals surface area contributed by atoms with E-state index in [2.05, 4.69) is 139 Å². The lowest BCUT2D eigenvalue weighted by Crippen LogP contribution is -2.44. The van der Waals surface area contributed by atoms with E-state index in [4.69, 9.17) is 26.8 Å². The largest absolute Gasteiger partial charge is 0.481 e. The van der Waals surface area contributed by atoms with Gasteiger partial charge in [-0.25, -0.2) is 57.1 Å². The summed E-state index contributed by atoms with van der Waals surface area (Å²) < 4.78 is 63.1. The zero-order valence-corrected chi connectivity index (χ0v) is 91.8. The molecular weight excluding hydrogens is 2340 g/mol. The number of halogens is 9. The van der Waals surface area contributed by atoms with Gasteiger partial charge in [0.25, 0.3) is 0 Å². The van der Waals surface area contributed by atoms with Gasteiger partial charge in [-0.2, -0.15) is 39.9 Å². The number of pyridine rings is 2. The van der Waals surface area contributed by atoms with Crippen molar-refractivity contribution in [1.82, 2.24) is 82.6 Å². The molecule has 20 rings (SSSR count). The smallest absolute Gasteiger partial charge is 0.352 e. The molecule has 0 spiro atoms. The molecule has 5 atom stereocenters. The Hall–Kier alpha value is -11.9. The number of thiophene rings is 5. The first-order valence-corrected chi connectivity index (χ1v) is 53.7. The topological polar surface area (TPSA) is 406 Å². The average molecular weight is 2430 g/mol. The molecule has 0 saturated heterocycles. The number of methoxy groups -OCH3 is 2. The lowest BCUT2D eigenvalue weighted by atomic mass is 9.95. The molecule has 0 fully saturated rings. The summed E-state index contributed by atoms with van der Waals surface area (Å²) in [5.74, 6) is 3.14. The van der Waals surface area contributed by atoms with Crippen LogP contribution in [0.2, 0.25) is 5.02 Å². The van der Waals surface area contributed by atoms with Crippen molar-refractivity contribution in [2.45, 2.75) is 90.9 Å². The van der Waals surface area contributed by atoms with E-state index in [9.17, 15) is 57.6 Å². The first kappa shape index (κ1) is 108. The van der Waals surface area contributed by atoms with Crippen LogP contribution in [0.5, 0.6) is 11.8 Å². The van der Waals surface area contributed by atoms with Crippen LogP contribution in [0.1, 0.15) is 75.5 Å². The lowest BCUT2D eigenvalue weighted by Gasteiger charge is -2.31. The highest BCUT2D eigenvalue weighted by Crippen LogP contribution is 2.35. The summed E-state index contributed by atoms with van der Waals surface area (Å²) in [6.45, 7) is 12.9. The van der Waals surface area contributed by atoms with Gasteiger partial charge < -0.3 is 60.1 Å². The third-order valence-corrected chi connectivity index (χ3v) is 32.1. The zero-order valence-electron chi connectivity index (χ0n) is 79.1. The molecule has 5 aliphatic heterocycles. The van der Waals surface area contributed by atoms with E-state index in [-0.39, 0.29) is 84.3 Å². The summed E-state index contributed by atoms with van der Waals surface area (Å²) in [6, 6.07) is 45.3. The van der Waals surface area contributed by atoms with E-state index in [1.165, 1.54) is 68.4 Å². The van der Waals surface area contributed by atoms with Crippen LogP contribution < -0.4 is 68.2 Å². The summed E-state index contributed by atoms with van der Waals surface area (Å²) in [5.41, 5.74) is 12.3. The minimum atomic E-state index is -0.837. The molecule has 0 unspecified atom stereocenters. The number of nitrogens with two attached hydrogens (primary N) is 1. The minimum absolute atomic E-state index is 0.224. The van der Waals surface area contributed by atoms with E-state index >= 15 is 0 Å². The summed E-state index contributed by atoms with van der Waals surface area (Å²) in [7, 11) is 3.04. The number of benzene rings is 3. The van der Waals surface area contributed by atoms with Gasteiger partial charge in [-0.3, -0.25) is 22.8 Å². The fourth-order valence-corrected chi connectivity index (χ4v) is 23.8. The van der Waals surface area contributed by atoms with Crippen molar-refractivity contribution in [2.24, 2.45) is 5.73 Å². The average Bonchev–Trinajstić information content (AvgIpc) is 1.41. The highest BCUT2D eigenvalue weighted by Gasteiger charge is 2.32. The van der Waals surface area contributed by atoms with E-state index in [1.54, 1.807) is 170 Å². The van der Waals surface area contributed by atoms with Gasteiger partial charge in [0.05, 0.1) is 128 Å². The molecule has 0 saturated carbocycles. The first-order valence-electron chi connectivity index (χ1n) is 45.3. The number of aliphatic hydroxyl groups excluding tert-OH is 4. The van der Waals surface area contributed by atoms with Crippen LogP contribution in [0.4, 0.5) is 42.9 Å². The Morgan fingerprint density at radius 3 is 1.06 bits per heavy atom. The van der Waals surface area contributed by atoms with Crippen LogP contribution in [-0.4, -0.2) is 213 Å². The predicted molar refractivity (Wildman–Crippen MR) is 585 cm³/mol. The number of aliphatic hydroxyl groups is 4. The molecule has 48 heteroatoms. The van der Waals surface area contributed by atoms with Gasteiger partial charge >= 0.3 is 28.4 Å². The maximum atomic E-state index is 13.9. The summed E-state index contributed by atoms with van der Waals surface area (Å²) in [6.07, 6.45) is 9.11. The SMILES string of the molecule is COc1cccc(C2=CCN(c3ncn(Cc4ccc(Br)s4)c(=O)n3)C[C@@H]2O)n1.COc1nc(C2=CCN(c3ncn(Cc4ccc(Br)s4)c(=O)n3)C[C@@H]2O)ccc1Cl.Cc1ccc(C2=CCN(c3nc(C)n(Cc4ccc(Br)s4)c(=O)n3)C[C@@H]2O)cc1F.Cc1nc(N2CC=C(c3ccc(F)cc3)[C@@H](N)C2)nc(=O)n1Cc1ccc(Br)s1.Cc1nc(N2CC=C(c3ccc(F)cc3)[C@@H](O)C2)nc(=O)n1Cc1ccc(Br)s1. The maximum absolute atomic E-state index is 13.9. The quantitative estimate of drug-likeness (QED) is 0.0421. The molecule has 6 N–H and O–H groups in total. The second-order valence-corrected chi connectivity index (χ2v) is 46.8. The van der Waals surface area contributed by atoms with E-state index < -0.39 is 30.1 Å². The molecular formula is C99H92Br5ClF3N23O11S5. The second kappa shape index (κ2) is 49.0. The van der Waals surface area contributed by atoms with Crippen LogP contribution in [-0.2, 0) is 32.7 Å². The van der Waals surface area contributed by atoms with Gasteiger partial charge in [-0.15, -0.1) is 56.7 Å². The van der Waals surface area contributed by atoms with Crippen LogP contribution in [0, 0.1) is 45.1 Å². The zero-order chi connectivity index (χ0) is 104. The fourth-order valence-electron chi connectivity index (χ4n) is 16.2. The molecule has 17 heterocycles. The molecule has 15 aromatic rings. The number of hydrogen-bond acceptors (Lipinski definition) is 34. The lowest BCUT2D eigenvalue weighted by molar-refractivity contribution is 0.232. The van der Waals surface area contributed by atoms with E-state index in [1.807, 2.05) is 108 Å². The Morgan fingerprint density at radius 2 is 0.714 bits per heavy atom. The van der Waals surface area contributed by atoms with Crippen molar-refractivity contribution in [2.75, 3.05) is 104 Å². The van der Waals surface area contributed by atoms with Crippen LogP contribution in [0.25, 0.3) is 27.9 Å². The number of aryl methyl sites for hydroxylation is 4. The van der Waals surface area contributed by atoms with Crippen molar-refractivity contribution < 1.29 is 43.1 Å². The molecule has 34 nitrogen and oxygen atoms in total. The second-order valence-electron chi connectivity index (χ2n) is 33.7. The number of anilines is 5. The van der Waals surface area contributed by atoms with Gasteiger partial charge in [-0.05, 0) is 256 Å². The molecule has 0 radical (unpaired) electrons. The molecule has 762 valence electrons. The molecule has 147 heavy (non-hydrogen) atoms. The number of rotatable bonds is 22. The highest BCUT2D eigenvalue weighted by molar-refractivity contribution is 9.12. The molecule has 3 aromatic carbocycles. The van der Waals surface area contributed by atoms with Crippen LogP contribution in [0.15, 0.2) is 244 Å². The van der Waals surface area contributed by atoms with Crippen molar-refractivity contribution in [3.05, 3.63) is 370 Å². The molecule has 0 aliphatic carbocycles. The normalized spacial score (nSPS) is 16.6. The van der Waals surface area contributed by atoms with Gasteiger partial charge in [0, 0.05) is 86.9 Å². The number of ether oxygens (including phenoxy) is 2. The summed E-state index contributed by atoms with van der Waals surface area (Å²) in [4.78, 5) is 128. The molecule has 12 aromatic heterocycles. The minimum Gasteiger partial charge on any atom is -0.481 e. The van der Waals surface area contributed by atoms with E-state index in [0.717, 1.165) is 71.2 Å². The highest BCUT2D eigenvalue weighted by atomic mass is 79.9. The Bertz CT molecular complexity index is 7640. The van der Waals surface area contributed by atoms with Crippen molar-refractivity contribution in [3.8, 4) is 11.8 Å². The van der Waals surface area contributed by atoms with Crippen LogP contribution in [0.3, 0.4) is 0 Å². The summed E-state index contributed by atoms with van der Waals surface area (Å²) in [5, 5.41) is 42.8. The number of nitrogens with zero attached hydrogens (tertiary/aromatic N) is 22. The Kier molecular flexibility index (Phi) is 36.0. The molecule has 5 aliphatic rings. The molecule has 0 bridgehead atoms. The Morgan fingerprint density at radius 1 is 0.374 bits per heavy atom. The number of hydrogen-bond donors (Lipinski definition) is 5. The van der Waals surface area contributed by atoms with Crippen molar-refractivity contribution in [1.29, 1.82) is 0 Å². The van der Waals surface area contributed by atoms with Crippen molar-refractivity contribution >= 4 is 206 Å². The number of β-amino-alcohol motifs (C(OH)–C–C–N with tert-alkyl or cyclic N) is 4. The monoisotopic (exact) mass is 2430 g/mol. The standard InChI is InChI=1S/C21H20BrFN4O2S.C20H19BrFN5OS.C20H18BrFN4O2S.C19H17BrClN5O3S.C19H18BrN5O3S/c1-12-3-4-14(9-17(12)23)16-7-8-26(11-18(16)28)20-24-13(2)27(21(29)25-20)10-15-5-6-19(22)30-15;1-12-24-19(25-20(28)27(12)10-15-6-7-18(21)29-15)26-9-8-16(17(23)11-26)13-2-4-14(22)5-3-13;1-12-23-19(24-20(28)26(12)10-15-6-7-18(21)29-15)25-9-8-16(17(27)11-25)13-2-4-14(22)5-3-13;1-29-17-13(21)3-4-14(23-17)12-6-7-25(9-15(12)27)18-22-10-26(19(28)24-18)8-11-2-5-16(20)30-11;1-28-17-4-2-3-14(22-17)13-7-8-24(10-15(13)26)18-21-11-25(19(27)23-18)9-12-5-6-16(20)29-12/h3-7,9,18,28H,8,10-11H2,1-2H3;2-8,17H,9-11,23H2,1H3;2-8,17,27H,9-11H2,1H3;2-6,10,15,27H,7-9H2,1H3;2-7,11,15,26H,8-10H2,1H3/t18-;2*17-;2*15-/m00000/s1. The fraction of sp³-hybridized carbons (Fsp3) is 0.263. The first-order chi connectivity index (χ1) is 70.6. The van der Waals surface area contributed by atoms with E-state index in [0.29, 0.717) is 158 Å². The molecule has 0 amide bonds. The Balaban J connectivity index is 0.000000131. The van der Waals surface area contributed by atoms with Gasteiger partial charge in [0.2, 0.25) is 41.5 Å². The van der Waals surface area contributed by atoms with Crippen LogP contribution >= 0.6 is 148 Å². The van der Waals surface area contributed by atoms with Gasteiger partial charge in [0.15, 0.2) is 0 Å². The van der Waals surface area contributed by atoms with Gasteiger partial charge in [0.1, 0.15) is 52.6 Å². The number of aromatic nitrogens is 17. The summed E-state index contributed by atoms with van der Waals surface area (Å²) >= 11 is 30.9. The third kappa shape index (κ3) is 27.4. The Labute approximate surface area is 905 Å². The third-order valence-electron chi connectivity index (χ3n) is 23.8. The predicted octanol–water partition coefficient (Wildman–Crippen LogP) is 15.0. The van der Waals surface area contributed by atoms with Crippen molar-refractivity contribution in [3.63, 3.8) is 0 Å². The maximum Gasteiger partial charge on any atom is 0.352 e. The van der Waals surface area contributed by atoms with Gasteiger partial charge in [-0.1, -0.05) is 84.4 Å².